The number of aryl methyl sites for hydroxylation is 2. The molecule has 0 aliphatic carbocycles. The molecule has 0 radical (unpaired) electrons. The van der Waals surface area contributed by atoms with Crippen molar-refractivity contribution in [2.24, 2.45) is 0 Å². The largest absolute Gasteiger partial charge is 0.350 e. The van der Waals surface area contributed by atoms with Crippen LogP contribution in [0.2, 0.25) is 5.02 Å². The van der Waals surface area contributed by atoms with Gasteiger partial charge in [-0.3, -0.25) is 14.9 Å². The van der Waals surface area contributed by atoms with Crippen LogP contribution in [-0.2, 0) is 11.3 Å². The molecule has 1 amide bonds. The standard InChI is InChI=1S/C15H19ClN4O/c1-9(15-10(2)19-20-11(15)3)6-14(21)18-8-13-7-12(16)4-5-17-13/h4-5,7,9H,6,8H2,1-3H3,(H,18,21)(H,19,20). The molecule has 5 nitrogen and oxygen atoms in total. The molecule has 2 aromatic heterocycles. The highest BCUT2D eigenvalue weighted by atomic mass is 35.5. The number of halogens is 1. The van der Waals surface area contributed by atoms with Crippen molar-refractivity contribution in [1.82, 2.24) is 20.5 Å². The highest BCUT2D eigenvalue weighted by molar-refractivity contribution is 6.30. The number of carbonyl (C=O) groups excluding carboxylic acids is 1. The van der Waals surface area contributed by atoms with Crippen LogP contribution in [0.4, 0.5) is 0 Å². The van der Waals surface area contributed by atoms with Gasteiger partial charge in [0.1, 0.15) is 0 Å². The Morgan fingerprint density at radius 2 is 2.24 bits per heavy atom. The molecule has 2 N–H and O–H groups in total. The molecule has 6 heteroatoms. The number of nitrogens with zero attached hydrogens (tertiary/aromatic N) is 2. The van der Waals surface area contributed by atoms with E-state index in [1.165, 1.54) is 0 Å². The average molecular weight is 307 g/mol. The van der Waals surface area contributed by atoms with Crippen LogP contribution in [0.25, 0.3) is 0 Å². The summed E-state index contributed by atoms with van der Waals surface area (Å²) in [7, 11) is 0. The Morgan fingerprint density at radius 1 is 1.48 bits per heavy atom. The van der Waals surface area contributed by atoms with E-state index in [1.54, 1.807) is 18.3 Å². The maximum atomic E-state index is 12.0. The molecule has 1 atom stereocenters. The summed E-state index contributed by atoms with van der Waals surface area (Å²) in [5, 5.41) is 10.6. The minimum absolute atomic E-state index is 0.00993. The van der Waals surface area contributed by atoms with E-state index in [1.807, 2.05) is 20.8 Å². The van der Waals surface area contributed by atoms with E-state index < -0.39 is 0 Å². The molecule has 0 spiro atoms. The molecule has 21 heavy (non-hydrogen) atoms. The highest BCUT2D eigenvalue weighted by Crippen LogP contribution is 2.24. The highest BCUT2D eigenvalue weighted by Gasteiger charge is 2.17. The average Bonchev–Trinajstić information content (AvgIpc) is 2.76. The van der Waals surface area contributed by atoms with Gasteiger partial charge in [-0.2, -0.15) is 5.10 Å². The fourth-order valence-electron chi connectivity index (χ4n) is 2.47. The molecular weight excluding hydrogens is 288 g/mol. The third kappa shape index (κ3) is 4.04. The lowest BCUT2D eigenvalue weighted by molar-refractivity contribution is -0.121. The van der Waals surface area contributed by atoms with Crippen LogP contribution in [0.3, 0.4) is 0 Å². The topological polar surface area (TPSA) is 70.7 Å². The number of H-pyrrole nitrogens is 1. The lowest BCUT2D eigenvalue weighted by Crippen LogP contribution is -2.24. The smallest absolute Gasteiger partial charge is 0.220 e. The lowest BCUT2D eigenvalue weighted by atomic mass is 9.95. The molecule has 112 valence electrons. The maximum absolute atomic E-state index is 12.0. The fraction of sp³-hybridized carbons (Fsp3) is 0.400. The molecule has 2 aromatic rings. The SMILES string of the molecule is Cc1n[nH]c(C)c1C(C)CC(=O)NCc1cc(Cl)ccn1. The van der Waals surface area contributed by atoms with Crippen LogP contribution in [0.15, 0.2) is 18.3 Å². The second-order valence-electron chi connectivity index (χ2n) is 5.19. The third-order valence-corrected chi connectivity index (χ3v) is 3.65. The number of hydrogen-bond donors (Lipinski definition) is 2. The fourth-order valence-corrected chi connectivity index (χ4v) is 2.65. The second kappa shape index (κ2) is 6.72. The van der Waals surface area contributed by atoms with Gasteiger partial charge in [0.25, 0.3) is 0 Å². The molecule has 1 unspecified atom stereocenters. The Kier molecular flexibility index (Phi) is 4.96. The van der Waals surface area contributed by atoms with E-state index in [0.717, 1.165) is 22.6 Å². The maximum Gasteiger partial charge on any atom is 0.220 e. The zero-order chi connectivity index (χ0) is 15.4. The minimum Gasteiger partial charge on any atom is -0.350 e. The molecular formula is C15H19ClN4O. The Bertz CT molecular complexity index is 619. The summed E-state index contributed by atoms with van der Waals surface area (Å²) < 4.78 is 0. The van der Waals surface area contributed by atoms with E-state index in [0.29, 0.717) is 18.0 Å². The number of pyridine rings is 1. The Labute approximate surface area is 129 Å². The Morgan fingerprint density at radius 3 is 2.86 bits per heavy atom. The van der Waals surface area contributed by atoms with Crippen molar-refractivity contribution >= 4 is 17.5 Å². The number of nitrogens with one attached hydrogen (secondary N) is 2. The van der Waals surface area contributed by atoms with Gasteiger partial charge in [0.15, 0.2) is 0 Å². The lowest BCUT2D eigenvalue weighted by Gasteiger charge is -2.12. The summed E-state index contributed by atoms with van der Waals surface area (Å²) in [4.78, 5) is 16.2. The van der Waals surface area contributed by atoms with Crippen molar-refractivity contribution in [3.8, 4) is 0 Å². The van der Waals surface area contributed by atoms with Crippen LogP contribution in [0.1, 0.15) is 41.9 Å². The minimum atomic E-state index is -0.00993. The van der Waals surface area contributed by atoms with Crippen molar-refractivity contribution in [3.05, 3.63) is 46.0 Å². The van der Waals surface area contributed by atoms with Crippen LogP contribution in [-0.4, -0.2) is 21.1 Å². The molecule has 0 fully saturated rings. The van der Waals surface area contributed by atoms with E-state index in [-0.39, 0.29) is 11.8 Å². The van der Waals surface area contributed by atoms with Gasteiger partial charge in [-0.15, -0.1) is 0 Å². The summed E-state index contributed by atoms with van der Waals surface area (Å²) in [6.07, 6.45) is 2.05. The van der Waals surface area contributed by atoms with Gasteiger partial charge in [-0.1, -0.05) is 18.5 Å². The number of aromatic amines is 1. The monoisotopic (exact) mass is 306 g/mol. The van der Waals surface area contributed by atoms with Crippen molar-refractivity contribution in [2.45, 2.75) is 39.7 Å². The molecule has 2 rings (SSSR count). The summed E-state index contributed by atoms with van der Waals surface area (Å²) in [6, 6.07) is 3.45. The summed E-state index contributed by atoms with van der Waals surface area (Å²) in [5.74, 6) is 0.111. The number of aromatic nitrogens is 3. The van der Waals surface area contributed by atoms with Crippen LogP contribution >= 0.6 is 11.6 Å². The Hall–Kier alpha value is -1.88. The summed E-state index contributed by atoms with van der Waals surface area (Å²) >= 11 is 5.88. The van der Waals surface area contributed by atoms with E-state index in [2.05, 4.69) is 20.5 Å². The molecule has 0 saturated heterocycles. The van der Waals surface area contributed by atoms with Gasteiger partial charge in [0.05, 0.1) is 17.9 Å². The number of rotatable bonds is 5. The normalized spacial score (nSPS) is 12.2. The van der Waals surface area contributed by atoms with Crippen LogP contribution in [0, 0.1) is 13.8 Å². The quantitative estimate of drug-likeness (QED) is 0.892. The van der Waals surface area contributed by atoms with Crippen molar-refractivity contribution < 1.29 is 4.79 Å². The molecule has 0 aromatic carbocycles. The van der Waals surface area contributed by atoms with Gasteiger partial charge in [0, 0.05) is 23.3 Å². The van der Waals surface area contributed by atoms with Gasteiger partial charge in [-0.25, -0.2) is 0 Å². The van der Waals surface area contributed by atoms with Crippen molar-refractivity contribution in [2.75, 3.05) is 0 Å². The molecule has 0 bridgehead atoms. The van der Waals surface area contributed by atoms with Crippen LogP contribution < -0.4 is 5.32 Å². The number of carbonyl (C=O) groups is 1. The summed E-state index contributed by atoms with van der Waals surface area (Å²) in [6.45, 7) is 6.33. The molecule has 2 heterocycles. The zero-order valence-corrected chi connectivity index (χ0v) is 13.2. The van der Waals surface area contributed by atoms with Crippen molar-refractivity contribution in [3.63, 3.8) is 0 Å². The predicted octanol–water partition coefficient (Wildman–Crippen LogP) is 2.88. The first-order valence-electron chi connectivity index (χ1n) is 6.86. The van der Waals surface area contributed by atoms with E-state index in [4.69, 9.17) is 11.6 Å². The first kappa shape index (κ1) is 15.5. The van der Waals surface area contributed by atoms with Crippen molar-refractivity contribution in [1.29, 1.82) is 0 Å². The second-order valence-corrected chi connectivity index (χ2v) is 5.63. The van der Waals surface area contributed by atoms with Gasteiger partial charge in [0.2, 0.25) is 5.91 Å². The van der Waals surface area contributed by atoms with Gasteiger partial charge >= 0.3 is 0 Å². The van der Waals surface area contributed by atoms with Crippen LogP contribution in [0.5, 0.6) is 0 Å². The Balaban J connectivity index is 1.90. The molecule has 0 saturated carbocycles. The van der Waals surface area contributed by atoms with E-state index in [9.17, 15) is 4.79 Å². The first-order valence-corrected chi connectivity index (χ1v) is 7.23. The van der Waals surface area contributed by atoms with Gasteiger partial charge in [-0.05, 0) is 37.5 Å². The number of amides is 1. The van der Waals surface area contributed by atoms with Gasteiger partial charge < -0.3 is 5.32 Å². The predicted molar refractivity (Wildman–Crippen MR) is 82.2 cm³/mol. The number of hydrogen-bond acceptors (Lipinski definition) is 3. The first-order chi connectivity index (χ1) is 9.97. The third-order valence-electron chi connectivity index (χ3n) is 3.41. The summed E-state index contributed by atoms with van der Waals surface area (Å²) in [5.41, 5.74) is 3.83. The molecule has 0 aliphatic heterocycles. The zero-order valence-electron chi connectivity index (χ0n) is 12.4. The van der Waals surface area contributed by atoms with E-state index >= 15 is 0 Å². The molecule has 0 aliphatic rings.